The molecule has 0 aromatic carbocycles. The van der Waals surface area contributed by atoms with Gasteiger partial charge in [0.1, 0.15) is 6.04 Å². The molecule has 4 amide bonds. The summed E-state index contributed by atoms with van der Waals surface area (Å²) < 4.78 is 0. The van der Waals surface area contributed by atoms with Gasteiger partial charge in [-0.25, -0.2) is 0 Å². The molecular weight excluding hydrogens is 408 g/mol. The molecule has 8 nitrogen and oxygen atoms in total. The number of nitrogens with one attached hydrogen (secondary N) is 1. The largest absolute Gasteiger partial charge is 0.350 e. The van der Waals surface area contributed by atoms with Crippen LogP contribution in [0.2, 0.25) is 0 Å². The lowest BCUT2D eigenvalue weighted by atomic mass is 9.99. The minimum absolute atomic E-state index is 0.0808. The molecule has 0 unspecified atom stereocenters. The van der Waals surface area contributed by atoms with E-state index in [2.05, 4.69) is 5.32 Å². The summed E-state index contributed by atoms with van der Waals surface area (Å²) in [6.07, 6.45) is 9.46. The highest BCUT2D eigenvalue weighted by molar-refractivity contribution is 5.97. The summed E-state index contributed by atoms with van der Waals surface area (Å²) in [5, 5.41) is 2.39. The Morgan fingerprint density at radius 1 is 1.03 bits per heavy atom. The summed E-state index contributed by atoms with van der Waals surface area (Å²) in [7, 11) is 1.68. The monoisotopic (exact) mass is 448 g/mol. The number of rotatable bonds is 8. The normalized spacial score (nSPS) is 21.0. The van der Waals surface area contributed by atoms with Crippen LogP contribution >= 0.6 is 0 Å². The van der Waals surface area contributed by atoms with Crippen LogP contribution in [0.5, 0.6) is 0 Å². The molecular formula is C24H40N4O4. The van der Waals surface area contributed by atoms with E-state index < -0.39 is 0 Å². The Kier molecular flexibility index (Phi) is 10.2. The molecule has 0 saturated carbocycles. The molecule has 2 heterocycles. The Hall–Kier alpha value is -2.38. The van der Waals surface area contributed by atoms with Gasteiger partial charge in [0, 0.05) is 32.3 Å². The maximum atomic E-state index is 13.3. The Bertz CT molecular complexity index is 698. The first kappa shape index (κ1) is 25.9. The van der Waals surface area contributed by atoms with Gasteiger partial charge in [-0.2, -0.15) is 0 Å². The van der Waals surface area contributed by atoms with Crippen LogP contribution in [0.3, 0.4) is 0 Å². The van der Waals surface area contributed by atoms with Crippen molar-refractivity contribution in [1.82, 2.24) is 20.0 Å². The molecule has 0 bridgehead atoms. The van der Waals surface area contributed by atoms with Crippen molar-refractivity contribution < 1.29 is 19.2 Å². The summed E-state index contributed by atoms with van der Waals surface area (Å²) in [5.41, 5.74) is 0.541. The van der Waals surface area contributed by atoms with Gasteiger partial charge in [-0.1, -0.05) is 39.2 Å². The minimum Gasteiger partial charge on any atom is -0.350 e. The predicted molar refractivity (Wildman–Crippen MR) is 124 cm³/mol. The second-order valence-corrected chi connectivity index (χ2v) is 9.34. The Morgan fingerprint density at radius 3 is 2.25 bits per heavy atom. The van der Waals surface area contributed by atoms with E-state index in [1.54, 1.807) is 23.8 Å². The van der Waals surface area contributed by atoms with Crippen LogP contribution in [-0.4, -0.2) is 84.1 Å². The van der Waals surface area contributed by atoms with Crippen molar-refractivity contribution >= 4 is 24.1 Å². The number of likely N-dealkylation sites (N-methyl/N-ethyl adjacent to an activating group) is 1. The van der Waals surface area contributed by atoms with E-state index in [-0.39, 0.29) is 42.3 Å². The number of carbonyl (C=O) groups is 4. The van der Waals surface area contributed by atoms with E-state index in [1.165, 1.54) is 6.42 Å². The van der Waals surface area contributed by atoms with Gasteiger partial charge in [0.2, 0.25) is 24.1 Å². The lowest BCUT2D eigenvalue weighted by Gasteiger charge is -2.32. The van der Waals surface area contributed by atoms with Gasteiger partial charge in [-0.15, -0.1) is 0 Å². The second kappa shape index (κ2) is 12.6. The number of hydrogen-bond donors (Lipinski definition) is 1. The summed E-state index contributed by atoms with van der Waals surface area (Å²) >= 11 is 0. The SMILES string of the molecule is C/C(=C\[C@H](C(C)C)N(C)C(=O)CNC=O)C(=O)N1CCC[C@H]1C(=O)N1CCCCCCC1. The predicted octanol–water partition coefficient (Wildman–Crippen LogP) is 1.95. The standard InChI is InChI=1S/C24H40N4O4/c1-18(2)21(26(4)22(30)16-25-17-29)15-19(3)23(31)28-14-10-11-20(28)24(32)27-12-8-6-5-7-9-13-27/h15,17-18,20-21H,5-14,16H2,1-4H3,(H,25,29)/b19-15+/t20-,21+/m0/s1. The fraction of sp³-hybridized carbons (Fsp3) is 0.750. The lowest BCUT2D eigenvalue weighted by molar-refractivity contribution is -0.142. The van der Waals surface area contributed by atoms with Gasteiger partial charge in [0.25, 0.3) is 0 Å². The zero-order chi connectivity index (χ0) is 23.7. The summed E-state index contributed by atoms with van der Waals surface area (Å²) in [6, 6.07) is -0.676. The van der Waals surface area contributed by atoms with E-state index in [9.17, 15) is 19.2 Å². The van der Waals surface area contributed by atoms with Crippen LogP contribution in [0.15, 0.2) is 11.6 Å². The van der Waals surface area contributed by atoms with Crippen LogP contribution in [0, 0.1) is 5.92 Å². The Labute approximate surface area is 192 Å². The van der Waals surface area contributed by atoms with Crippen LogP contribution < -0.4 is 5.32 Å². The number of amides is 4. The molecule has 2 aliphatic heterocycles. The summed E-state index contributed by atoms with van der Waals surface area (Å²) in [5.74, 6) is -0.192. The highest BCUT2D eigenvalue weighted by Gasteiger charge is 2.37. The van der Waals surface area contributed by atoms with Gasteiger partial charge in [-0.3, -0.25) is 19.2 Å². The highest BCUT2D eigenvalue weighted by atomic mass is 16.2. The van der Waals surface area contributed by atoms with Crippen LogP contribution in [-0.2, 0) is 19.2 Å². The zero-order valence-electron chi connectivity index (χ0n) is 20.1. The third-order valence-corrected chi connectivity index (χ3v) is 6.58. The minimum atomic E-state index is -0.390. The first-order valence-corrected chi connectivity index (χ1v) is 12.0. The van der Waals surface area contributed by atoms with Gasteiger partial charge in [-0.05, 0) is 38.5 Å². The van der Waals surface area contributed by atoms with Crippen LogP contribution in [0.4, 0.5) is 0 Å². The second-order valence-electron chi connectivity index (χ2n) is 9.34. The van der Waals surface area contributed by atoms with E-state index in [0.29, 0.717) is 24.9 Å². The lowest BCUT2D eigenvalue weighted by Crippen LogP contribution is -2.49. The fourth-order valence-electron chi connectivity index (χ4n) is 4.67. The number of carbonyl (C=O) groups excluding carboxylic acids is 4. The third kappa shape index (κ3) is 6.81. The van der Waals surface area contributed by atoms with Crippen molar-refractivity contribution in [3.8, 4) is 0 Å². The van der Waals surface area contributed by atoms with E-state index >= 15 is 0 Å². The molecule has 2 atom stereocenters. The summed E-state index contributed by atoms with van der Waals surface area (Å²) in [4.78, 5) is 54.7. The Morgan fingerprint density at radius 2 is 1.66 bits per heavy atom. The van der Waals surface area contributed by atoms with Crippen molar-refractivity contribution in [2.24, 2.45) is 5.92 Å². The van der Waals surface area contributed by atoms with Crippen molar-refractivity contribution in [3.63, 3.8) is 0 Å². The van der Waals surface area contributed by atoms with Gasteiger partial charge in [0.15, 0.2) is 0 Å². The van der Waals surface area contributed by atoms with Crippen molar-refractivity contribution in [1.29, 1.82) is 0 Å². The maximum absolute atomic E-state index is 13.3. The van der Waals surface area contributed by atoms with E-state index in [0.717, 1.165) is 45.2 Å². The van der Waals surface area contributed by atoms with Gasteiger partial charge >= 0.3 is 0 Å². The molecule has 0 aromatic rings. The van der Waals surface area contributed by atoms with Crippen molar-refractivity contribution in [3.05, 3.63) is 11.6 Å². The average molecular weight is 449 g/mol. The first-order valence-electron chi connectivity index (χ1n) is 12.0. The molecule has 32 heavy (non-hydrogen) atoms. The van der Waals surface area contributed by atoms with Crippen molar-refractivity contribution in [2.75, 3.05) is 33.2 Å². The molecule has 2 saturated heterocycles. The molecule has 2 aliphatic rings. The van der Waals surface area contributed by atoms with E-state index in [1.807, 2.05) is 24.8 Å². The smallest absolute Gasteiger partial charge is 0.249 e. The molecule has 0 aliphatic carbocycles. The molecule has 8 heteroatoms. The molecule has 0 aromatic heterocycles. The highest BCUT2D eigenvalue weighted by Crippen LogP contribution is 2.24. The fourth-order valence-corrected chi connectivity index (χ4v) is 4.67. The van der Waals surface area contributed by atoms with Crippen LogP contribution in [0.25, 0.3) is 0 Å². The topological polar surface area (TPSA) is 90.0 Å². The molecule has 1 N–H and O–H groups in total. The zero-order valence-corrected chi connectivity index (χ0v) is 20.1. The Balaban J connectivity index is 2.12. The number of nitrogens with zero attached hydrogens (tertiary/aromatic N) is 3. The molecule has 0 radical (unpaired) electrons. The molecule has 180 valence electrons. The van der Waals surface area contributed by atoms with Gasteiger partial charge in [0.05, 0.1) is 12.6 Å². The third-order valence-electron chi connectivity index (χ3n) is 6.58. The van der Waals surface area contributed by atoms with Crippen molar-refractivity contribution in [2.45, 2.75) is 77.8 Å². The van der Waals surface area contributed by atoms with E-state index in [4.69, 9.17) is 0 Å². The average Bonchev–Trinajstić information content (AvgIpc) is 3.23. The first-order chi connectivity index (χ1) is 15.3. The van der Waals surface area contributed by atoms with Crippen LogP contribution in [0.1, 0.15) is 65.7 Å². The van der Waals surface area contributed by atoms with Gasteiger partial charge < -0.3 is 20.0 Å². The number of likely N-dealkylation sites (tertiary alicyclic amines) is 2. The molecule has 0 spiro atoms. The maximum Gasteiger partial charge on any atom is 0.249 e. The summed E-state index contributed by atoms with van der Waals surface area (Å²) in [6.45, 7) is 7.80. The number of hydrogen-bond acceptors (Lipinski definition) is 4. The quantitative estimate of drug-likeness (QED) is 0.454. The molecule has 2 fully saturated rings. The molecule has 2 rings (SSSR count).